The lowest BCUT2D eigenvalue weighted by atomic mass is 9.90. The van der Waals surface area contributed by atoms with E-state index in [1.165, 1.54) is 26.1 Å². The smallest absolute Gasteiger partial charge is 0.163 e. The Labute approximate surface area is 417 Å². The molecule has 3 aliphatic rings. The van der Waals surface area contributed by atoms with Gasteiger partial charge in [-0.15, -0.1) is 0 Å². The molecule has 0 amide bonds. The predicted octanol–water partition coefficient (Wildman–Crippen LogP) is 6.64. The molecule has 3 atom stereocenters. The molecule has 2 heterocycles. The number of hydrogen-bond donors (Lipinski definition) is 2. The number of pyridine rings is 1. The van der Waals surface area contributed by atoms with Gasteiger partial charge in [0.05, 0.1) is 158 Å². The van der Waals surface area contributed by atoms with Gasteiger partial charge in [0.25, 0.3) is 0 Å². The third kappa shape index (κ3) is 18.3. The van der Waals surface area contributed by atoms with Crippen LogP contribution < -0.4 is 25.3 Å². The Morgan fingerprint density at radius 3 is 1.87 bits per heavy atom. The molecule has 3 N–H and O–H groups in total. The van der Waals surface area contributed by atoms with E-state index in [1.54, 1.807) is 19.2 Å². The summed E-state index contributed by atoms with van der Waals surface area (Å²) in [5, 5.41) is 14.6. The number of anilines is 2. The average Bonchev–Trinajstić information content (AvgIpc) is 3.99. The highest BCUT2D eigenvalue weighted by molar-refractivity contribution is 6.37. The minimum absolute atomic E-state index is 0.339. The minimum atomic E-state index is 0.339. The number of nitrogens with two attached hydrogens (primary N) is 1. The maximum Gasteiger partial charge on any atom is 0.163 e. The number of hydrogen-bond acceptors (Lipinski definition) is 16. The summed E-state index contributed by atoms with van der Waals surface area (Å²) in [6.07, 6.45) is 10.5. The second kappa shape index (κ2) is 30.7. The van der Waals surface area contributed by atoms with Gasteiger partial charge in [-0.05, 0) is 49.1 Å². The van der Waals surface area contributed by atoms with Crippen molar-refractivity contribution in [1.82, 2.24) is 14.8 Å². The first-order chi connectivity index (χ1) is 33.8. The average molecular weight is 1000 g/mol. The van der Waals surface area contributed by atoms with Crippen molar-refractivity contribution in [2.24, 2.45) is 28.5 Å². The largest absolute Gasteiger partial charge is 0.495 e. The monoisotopic (exact) mass is 999 g/mol. The van der Waals surface area contributed by atoms with Gasteiger partial charge in [0.15, 0.2) is 11.5 Å². The lowest BCUT2D eigenvalue weighted by Gasteiger charge is -2.34. The van der Waals surface area contributed by atoms with Gasteiger partial charge in [-0.2, -0.15) is 5.26 Å². The first-order valence-corrected chi connectivity index (χ1v) is 24.9. The summed E-state index contributed by atoms with van der Waals surface area (Å²) >= 11 is 12.7. The van der Waals surface area contributed by atoms with Crippen LogP contribution in [0.4, 0.5) is 11.4 Å². The Morgan fingerprint density at radius 2 is 1.30 bits per heavy atom. The van der Waals surface area contributed by atoms with E-state index in [9.17, 15) is 5.26 Å². The molecule has 69 heavy (non-hydrogen) atoms. The van der Waals surface area contributed by atoms with Crippen LogP contribution in [0, 0.1) is 29.1 Å². The Kier molecular flexibility index (Phi) is 24.1. The van der Waals surface area contributed by atoms with Gasteiger partial charge in [-0.1, -0.05) is 35.4 Å². The van der Waals surface area contributed by atoms with Crippen molar-refractivity contribution >= 4 is 51.3 Å². The van der Waals surface area contributed by atoms with E-state index in [0.29, 0.717) is 173 Å². The number of amidine groups is 1. The second-order valence-electron chi connectivity index (χ2n) is 17.1. The molecule has 3 unspecified atom stereocenters. The maximum absolute atomic E-state index is 9.89. The highest BCUT2D eigenvalue weighted by Gasteiger charge is 2.35. The van der Waals surface area contributed by atoms with Crippen molar-refractivity contribution < 1.29 is 47.4 Å². The number of methoxy groups -OCH3 is 2. The van der Waals surface area contributed by atoms with Crippen molar-refractivity contribution in [2.45, 2.75) is 25.7 Å². The molecule has 0 spiro atoms. The van der Waals surface area contributed by atoms with Crippen molar-refractivity contribution in [1.29, 1.82) is 5.26 Å². The van der Waals surface area contributed by atoms with Gasteiger partial charge in [0, 0.05) is 69.4 Å². The van der Waals surface area contributed by atoms with Gasteiger partial charge in [-0.3, -0.25) is 14.9 Å². The molecule has 19 heteroatoms. The van der Waals surface area contributed by atoms with Crippen LogP contribution in [0.25, 0.3) is 10.9 Å². The summed E-state index contributed by atoms with van der Waals surface area (Å²) in [5.74, 6) is 4.44. The number of benzene rings is 2. The van der Waals surface area contributed by atoms with Crippen LogP contribution in [0.5, 0.6) is 17.2 Å². The molecule has 2 bridgehead atoms. The molecule has 1 saturated carbocycles. The Bertz CT molecular complexity index is 2110. The molecule has 2 aromatic carbocycles. The van der Waals surface area contributed by atoms with E-state index < -0.39 is 0 Å². The zero-order valence-electron chi connectivity index (χ0n) is 40.3. The Hall–Kier alpha value is -4.03. The first-order valence-electron chi connectivity index (χ1n) is 24.1. The van der Waals surface area contributed by atoms with Crippen LogP contribution in [0.1, 0.15) is 31.2 Å². The number of piperazine rings is 1. The molecule has 6 rings (SSSR count). The summed E-state index contributed by atoms with van der Waals surface area (Å²) < 4.78 is 56.6. The normalized spacial score (nSPS) is 18.3. The Morgan fingerprint density at radius 1 is 0.710 bits per heavy atom. The molecule has 2 fully saturated rings. The fourth-order valence-electron chi connectivity index (χ4n) is 8.65. The Balaban J connectivity index is 0.694. The number of nitriles is 1. The van der Waals surface area contributed by atoms with E-state index >= 15 is 0 Å². The zero-order chi connectivity index (χ0) is 48.5. The zero-order valence-corrected chi connectivity index (χ0v) is 41.8. The standard InChI is InChI=1S/C50H71Cl2N7O10/c1-60-46-34-45(42(51)32-43(46)52)57-50-40(35-53)36-56-44-33-48(47(61-2)31-41(44)50)69-13-3-7-58-8-10-59(11-9-58)12-15-63-17-19-65-21-23-67-25-27-68-26-24-66-22-20-64-18-16-62-14-6-55-49(54)30-39-29-37-4-5-38(39)28-37/h4-5,31-34,36-39H,3,6-30H2,1-2H3,(H2,54,55)(H,56,57). The number of allylic oxidation sites excluding steroid dienone is 2. The summed E-state index contributed by atoms with van der Waals surface area (Å²) in [4.78, 5) is 13.9. The van der Waals surface area contributed by atoms with Crippen molar-refractivity contribution in [3.8, 4) is 23.3 Å². The van der Waals surface area contributed by atoms with E-state index in [-0.39, 0.29) is 0 Å². The quantitative estimate of drug-likeness (QED) is 0.0276. The van der Waals surface area contributed by atoms with Crippen LogP contribution in [0.2, 0.25) is 10.0 Å². The van der Waals surface area contributed by atoms with E-state index in [0.717, 1.165) is 63.9 Å². The molecule has 1 saturated heterocycles. The molecule has 2 aliphatic carbocycles. The van der Waals surface area contributed by atoms with Gasteiger partial charge < -0.3 is 63.3 Å². The summed E-state index contributed by atoms with van der Waals surface area (Å²) in [5.41, 5.74) is 8.17. The molecular formula is C50H71Cl2N7O10. The van der Waals surface area contributed by atoms with Crippen LogP contribution in [0.15, 0.2) is 47.6 Å². The third-order valence-corrected chi connectivity index (χ3v) is 12.9. The SMILES string of the molecule is COc1cc(Nc2c(C#N)cnc3cc(OCCCN4CCN(CCOCCOCCOCCOCCOCCOCCOCCN=C(N)CC5CC6C=CC5C6)CC4)c(OC)cc23)c(Cl)cc1Cl. The second-order valence-corrected chi connectivity index (χ2v) is 17.9. The number of aliphatic imine (C=N–C) groups is 1. The molecule has 1 aliphatic heterocycles. The number of halogens is 2. The van der Waals surface area contributed by atoms with Gasteiger partial charge in [-0.25, -0.2) is 0 Å². The maximum atomic E-state index is 9.89. The van der Waals surface area contributed by atoms with Crippen LogP contribution in [-0.2, 0) is 33.2 Å². The van der Waals surface area contributed by atoms with Crippen LogP contribution in [0.3, 0.4) is 0 Å². The highest BCUT2D eigenvalue weighted by atomic mass is 35.5. The summed E-state index contributed by atoms with van der Waals surface area (Å²) in [7, 11) is 3.11. The number of nitrogens with one attached hydrogen (secondary N) is 1. The number of aromatic nitrogens is 1. The molecule has 3 aromatic rings. The van der Waals surface area contributed by atoms with Gasteiger partial charge in [0.2, 0.25) is 0 Å². The minimum Gasteiger partial charge on any atom is -0.495 e. The number of fused-ring (bicyclic) bond motifs is 3. The van der Waals surface area contributed by atoms with Crippen molar-refractivity contribution in [3.63, 3.8) is 0 Å². The van der Waals surface area contributed by atoms with E-state index in [4.69, 9.17) is 76.3 Å². The summed E-state index contributed by atoms with van der Waals surface area (Å²) in [6.45, 7) is 14.3. The number of rotatable bonds is 35. The first kappa shape index (κ1) is 54.3. The fraction of sp³-hybridized carbons (Fsp3) is 0.620. The molecule has 380 valence electrons. The number of nitrogens with zero attached hydrogens (tertiary/aromatic N) is 5. The van der Waals surface area contributed by atoms with Crippen molar-refractivity contribution in [3.05, 3.63) is 58.2 Å². The molecule has 1 aromatic heterocycles. The topological polar surface area (TPSA) is 186 Å². The highest BCUT2D eigenvalue weighted by Crippen LogP contribution is 2.45. The predicted molar refractivity (Wildman–Crippen MR) is 268 cm³/mol. The lowest BCUT2D eigenvalue weighted by Crippen LogP contribution is -2.47. The third-order valence-electron chi connectivity index (χ3n) is 12.3. The van der Waals surface area contributed by atoms with Crippen LogP contribution >= 0.6 is 23.2 Å². The van der Waals surface area contributed by atoms with Crippen LogP contribution in [-0.4, -0.2) is 180 Å². The number of ether oxygens (including phenoxy) is 10. The van der Waals surface area contributed by atoms with Crippen molar-refractivity contribution in [2.75, 3.05) is 164 Å². The van der Waals surface area contributed by atoms with Gasteiger partial charge >= 0.3 is 0 Å². The molecule has 17 nitrogen and oxygen atoms in total. The van der Waals surface area contributed by atoms with E-state index in [2.05, 4.69) is 43.3 Å². The molecular weight excluding hydrogens is 929 g/mol. The lowest BCUT2D eigenvalue weighted by molar-refractivity contribution is -0.0211. The van der Waals surface area contributed by atoms with E-state index in [1.807, 2.05) is 12.1 Å². The van der Waals surface area contributed by atoms with Gasteiger partial charge in [0.1, 0.15) is 11.8 Å². The fourth-order valence-corrected chi connectivity index (χ4v) is 9.15. The molecule has 0 radical (unpaired) electrons. The summed E-state index contributed by atoms with van der Waals surface area (Å²) in [6, 6.07) is 9.13.